The lowest BCUT2D eigenvalue weighted by atomic mass is 9.81. The molecule has 2 nitrogen and oxygen atoms in total. The summed E-state index contributed by atoms with van der Waals surface area (Å²) in [7, 11) is 0. The topological polar surface area (TPSA) is 35.2 Å². The van der Waals surface area contributed by atoms with Crippen LogP contribution >= 0.6 is 0 Å². The molecule has 0 aliphatic carbocycles. The standard InChI is InChI=1S/C9H19NO/c1-3-9(2,10)8-5-4-6-11-7-8/h8H,3-7,10H2,1-2H3. The molecule has 0 bridgehead atoms. The zero-order valence-corrected chi connectivity index (χ0v) is 7.60. The Balaban J connectivity index is 2.43. The van der Waals surface area contributed by atoms with E-state index in [9.17, 15) is 0 Å². The third kappa shape index (κ3) is 2.17. The van der Waals surface area contributed by atoms with Crippen LogP contribution in [0.4, 0.5) is 0 Å². The Labute approximate surface area is 69.1 Å². The second-order valence-electron chi connectivity index (χ2n) is 3.77. The zero-order valence-electron chi connectivity index (χ0n) is 7.60. The Morgan fingerprint density at radius 3 is 2.82 bits per heavy atom. The molecule has 0 amide bonds. The molecule has 1 saturated heterocycles. The third-order valence-electron chi connectivity index (χ3n) is 2.85. The second kappa shape index (κ2) is 3.55. The summed E-state index contributed by atoms with van der Waals surface area (Å²) >= 11 is 0. The largest absolute Gasteiger partial charge is 0.381 e. The van der Waals surface area contributed by atoms with E-state index in [4.69, 9.17) is 10.5 Å². The first-order valence-electron chi connectivity index (χ1n) is 4.53. The molecule has 66 valence electrons. The zero-order chi connectivity index (χ0) is 8.32. The molecule has 2 N–H and O–H groups in total. The molecule has 2 atom stereocenters. The highest BCUT2D eigenvalue weighted by atomic mass is 16.5. The van der Waals surface area contributed by atoms with E-state index in [2.05, 4.69) is 13.8 Å². The van der Waals surface area contributed by atoms with Crippen molar-refractivity contribution in [2.75, 3.05) is 13.2 Å². The van der Waals surface area contributed by atoms with Crippen molar-refractivity contribution in [3.8, 4) is 0 Å². The lowest BCUT2D eigenvalue weighted by Crippen LogP contribution is -2.47. The first-order chi connectivity index (χ1) is 5.17. The summed E-state index contributed by atoms with van der Waals surface area (Å²) in [6.07, 6.45) is 3.46. The Morgan fingerprint density at radius 1 is 1.64 bits per heavy atom. The highest BCUT2D eigenvalue weighted by Crippen LogP contribution is 2.25. The van der Waals surface area contributed by atoms with E-state index < -0.39 is 0 Å². The van der Waals surface area contributed by atoms with Crippen molar-refractivity contribution >= 4 is 0 Å². The van der Waals surface area contributed by atoms with Gasteiger partial charge in [-0.25, -0.2) is 0 Å². The van der Waals surface area contributed by atoms with E-state index in [-0.39, 0.29) is 5.54 Å². The average molecular weight is 157 g/mol. The number of hydrogen-bond acceptors (Lipinski definition) is 2. The summed E-state index contributed by atoms with van der Waals surface area (Å²) in [5.41, 5.74) is 6.10. The molecule has 0 aromatic carbocycles. The first kappa shape index (κ1) is 9.01. The van der Waals surface area contributed by atoms with E-state index in [1.54, 1.807) is 0 Å². The fourth-order valence-electron chi connectivity index (χ4n) is 1.55. The van der Waals surface area contributed by atoms with Gasteiger partial charge >= 0.3 is 0 Å². The molecule has 1 rings (SSSR count). The van der Waals surface area contributed by atoms with Crippen LogP contribution in [0.25, 0.3) is 0 Å². The number of ether oxygens (including phenoxy) is 1. The molecule has 0 radical (unpaired) electrons. The predicted octanol–water partition coefficient (Wildman–Crippen LogP) is 1.54. The van der Waals surface area contributed by atoms with Gasteiger partial charge in [0.25, 0.3) is 0 Å². The van der Waals surface area contributed by atoms with Crippen molar-refractivity contribution in [1.29, 1.82) is 0 Å². The van der Waals surface area contributed by atoms with Crippen molar-refractivity contribution in [1.82, 2.24) is 0 Å². The second-order valence-corrected chi connectivity index (χ2v) is 3.77. The van der Waals surface area contributed by atoms with Gasteiger partial charge in [0.2, 0.25) is 0 Å². The molecule has 0 spiro atoms. The smallest absolute Gasteiger partial charge is 0.0511 e. The quantitative estimate of drug-likeness (QED) is 0.660. The van der Waals surface area contributed by atoms with Crippen molar-refractivity contribution < 1.29 is 4.74 Å². The average Bonchev–Trinajstić information content (AvgIpc) is 2.06. The van der Waals surface area contributed by atoms with E-state index in [1.807, 2.05) is 0 Å². The van der Waals surface area contributed by atoms with Crippen molar-refractivity contribution in [2.45, 2.75) is 38.6 Å². The van der Waals surface area contributed by atoms with Gasteiger partial charge in [-0.15, -0.1) is 0 Å². The predicted molar refractivity (Wildman–Crippen MR) is 46.4 cm³/mol. The van der Waals surface area contributed by atoms with Gasteiger partial charge < -0.3 is 10.5 Å². The molecule has 0 aromatic rings. The van der Waals surface area contributed by atoms with Gasteiger partial charge in [0.05, 0.1) is 6.61 Å². The molecule has 2 unspecified atom stereocenters. The van der Waals surface area contributed by atoms with E-state index in [1.165, 1.54) is 12.8 Å². The minimum absolute atomic E-state index is 0.0135. The number of rotatable bonds is 2. The van der Waals surface area contributed by atoms with Crippen LogP contribution in [0, 0.1) is 5.92 Å². The summed E-state index contributed by atoms with van der Waals surface area (Å²) in [4.78, 5) is 0. The van der Waals surface area contributed by atoms with Crippen LogP contribution < -0.4 is 5.73 Å². The van der Waals surface area contributed by atoms with Gasteiger partial charge in [0.15, 0.2) is 0 Å². The van der Waals surface area contributed by atoms with Crippen LogP contribution in [0.3, 0.4) is 0 Å². The summed E-state index contributed by atoms with van der Waals surface area (Å²) in [6.45, 7) is 6.07. The maximum atomic E-state index is 6.11. The number of nitrogens with two attached hydrogens (primary N) is 1. The van der Waals surface area contributed by atoms with Crippen molar-refractivity contribution in [2.24, 2.45) is 11.7 Å². The summed E-state index contributed by atoms with van der Waals surface area (Å²) in [6, 6.07) is 0. The van der Waals surface area contributed by atoms with Crippen LogP contribution in [-0.4, -0.2) is 18.8 Å². The summed E-state index contributed by atoms with van der Waals surface area (Å²) in [5.74, 6) is 0.571. The van der Waals surface area contributed by atoms with E-state index in [0.29, 0.717) is 5.92 Å². The molecule has 1 aliphatic rings. The lowest BCUT2D eigenvalue weighted by Gasteiger charge is -2.35. The van der Waals surface area contributed by atoms with Crippen LogP contribution in [0.15, 0.2) is 0 Å². The molecular weight excluding hydrogens is 138 g/mol. The Morgan fingerprint density at radius 2 is 2.36 bits per heavy atom. The Bertz CT molecular complexity index is 117. The molecular formula is C9H19NO. The molecule has 0 saturated carbocycles. The number of hydrogen-bond donors (Lipinski definition) is 1. The van der Waals surface area contributed by atoms with Gasteiger partial charge in [-0.3, -0.25) is 0 Å². The Kier molecular flexibility index (Phi) is 2.90. The molecule has 1 heterocycles. The maximum Gasteiger partial charge on any atom is 0.0511 e. The van der Waals surface area contributed by atoms with E-state index in [0.717, 1.165) is 19.6 Å². The van der Waals surface area contributed by atoms with Gasteiger partial charge in [-0.2, -0.15) is 0 Å². The minimum Gasteiger partial charge on any atom is -0.381 e. The fourth-order valence-corrected chi connectivity index (χ4v) is 1.55. The molecule has 0 aromatic heterocycles. The minimum atomic E-state index is -0.0135. The SMILES string of the molecule is CCC(C)(N)C1CCCOC1. The van der Waals surface area contributed by atoms with Crippen LogP contribution in [0.1, 0.15) is 33.1 Å². The molecule has 1 fully saturated rings. The summed E-state index contributed by atoms with van der Waals surface area (Å²) < 4.78 is 5.39. The van der Waals surface area contributed by atoms with Crippen LogP contribution in [-0.2, 0) is 4.74 Å². The maximum absolute atomic E-state index is 6.11. The van der Waals surface area contributed by atoms with Gasteiger partial charge in [-0.05, 0) is 26.2 Å². The van der Waals surface area contributed by atoms with Crippen molar-refractivity contribution in [3.63, 3.8) is 0 Å². The van der Waals surface area contributed by atoms with Crippen LogP contribution in [0.5, 0.6) is 0 Å². The molecule has 2 heteroatoms. The first-order valence-corrected chi connectivity index (χ1v) is 4.53. The Hall–Kier alpha value is -0.0800. The van der Waals surface area contributed by atoms with Crippen LogP contribution in [0.2, 0.25) is 0 Å². The monoisotopic (exact) mass is 157 g/mol. The van der Waals surface area contributed by atoms with Gasteiger partial charge in [0, 0.05) is 18.1 Å². The third-order valence-corrected chi connectivity index (χ3v) is 2.85. The highest BCUT2D eigenvalue weighted by Gasteiger charge is 2.29. The lowest BCUT2D eigenvalue weighted by molar-refractivity contribution is 0.0244. The molecule has 1 aliphatic heterocycles. The van der Waals surface area contributed by atoms with Gasteiger partial charge in [0.1, 0.15) is 0 Å². The van der Waals surface area contributed by atoms with E-state index >= 15 is 0 Å². The summed E-state index contributed by atoms with van der Waals surface area (Å²) in [5, 5.41) is 0. The van der Waals surface area contributed by atoms with Gasteiger partial charge in [-0.1, -0.05) is 6.92 Å². The highest BCUT2D eigenvalue weighted by molar-refractivity contribution is 4.86. The normalized spacial score (nSPS) is 31.4. The van der Waals surface area contributed by atoms with Crippen molar-refractivity contribution in [3.05, 3.63) is 0 Å². The molecule has 11 heavy (non-hydrogen) atoms. The fraction of sp³-hybridized carbons (Fsp3) is 1.00.